The SMILES string of the molecule is Nc1n[nH]c(=S)n1-c1ccccc1Br. The maximum Gasteiger partial charge on any atom is 0.225 e. The van der Waals surface area contributed by atoms with Gasteiger partial charge in [0.1, 0.15) is 0 Å². The second-order valence-corrected chi connectivity index (χ2v) is 3.91. The minimum atomic E-state index is 0.349. The average molecular weight is 271 g/mol. The molecule has 0 fully saturated rings. The lowest BCUT2D eigenvalue weighted by Gasteiger charge is -2.05. The zero-order chi connectivity index (χ0) is 10.1. The van der Waals surface area contributed by atoms with Crippen LogP contribution in [-0.2, 0) is 0 Å². The molecular weight excluding hydrogens is 264 g/mol. The number of benzene rings is 1. The molecule has 0 spiro atoms. The number of aromatic amines is 1. The van der Waals surface area contributed by atoms with Crippen molar-refractivity contribution < 1.29 is 0 Å². The molecule has 1 aromatic carbocycles. The number of halogens is 1. The summed E-state index contributed by atoms with van der Waals surface area (Å²) in [5, 5.41) is 6.47. The standard InChI is InChI=1S/C8H7BrN4S/c9-5-3-1-2-4-6(5)13-7(10)11-12-8(13)14/h1-4H,(H2,10,11)(H,12,14). The highest BCUT2D eigenvalue weighted by atomic mass is 79.9. The van der Waals surface area contributed by atoms with E-state index in [1.165, 1.54) is 0 Å². The maximum atomic E-state index is 5.68. The fourth-order valence-corrected chi connectivity index (χ4v) is 1.87. The summed E-state index contributed by atoms with van der Waals surface area (Å²) in [6.07, 6.45) is 0. The van der Waals surface area contributed by atoms with E-state index >= 15 is 0 Å². The van der Waals surface area contributed by atoms with Crippen LogP contribution in [-0.4, -0.2) is 14.8 Å². The van der Waals surface area contributed by atoms with Crippen molar-refractivity contribution in [1.29, 1.82) is 0 Å². The van der Waals surface area contributed by atoms with E-state index in [-0.39, 0.29) is 0 Å². The van der Waals surface area contributed by atoms with E-state index in [0.717, 1.165) is 10.2 Å². The van der Waals surface area contributed by atoms with E-state index in [0.29, 0.717) is 10.7 Å². The quantitative estimate of drug-likeness (QED) is 0.782. The van der Waals surface area contributed by atoms with Crippen molar-refractivity contribution in [2.24, 2.45) is 0 Å². The van der Waals surface area contributed by atoms with E-state index in [9.17, 15) is 0 Å². The van der Waals surface area contributed by atoms with Crippen molar-refractivity contribution in [3.63, 3.8) is 0 Å². The summed E-state index contributed by atoms with van der Waals surface area (Å²) in [4.78, 5) is 0. The molecule has 14 heavy (non-hydrogen) atoms. The molecule has 0 amide bonds. The van der Waals surface area contributed by atoms with E-state index in [2.05, 4.69) is 26.1 Å². The molecular formula is C8H7BrN4S. The number of rotatable bonds is 1. The largest absolute Gasteiger partial charge is 0.368 e. The van der Waals surface area contributed by atoms with Crippen molar-refractivity contribution in [3.05, 3.63) is 33.5 Å². The Morgan fingerprint density at radius 1 is 1.43 bits per heavy atom. The molecule has 0 saturated carbocycles. The third kappa shape index (κ3) is 1.46. The fraction of sp³-hybridized carbons (Fsp3) is 0. The summed E-state index contributed by atoms with van der Waals surface area (Å²) >= 11 is 8.48. The van der Waals surface area contributed by atoms with Gasteiger partial charge in [-0.2, -0.15) is 0 Å². The zero-order valence-electron chi connectivity index (χ0n) is 7.07. The molecule has 1 heterocycles. The first kappa shape index (κ1) is 9.42. The number of H-pyrrole nitrogens is 1. The van der Waals surface area contributed by atoms with Gasteiger partial charge in [-0.25, -0.2) is 5.10 Å². The van der Waals surface area contributed by atoms with Crippen LogP contribution >= 0.6 is 28.1 Å². The molecule has 3 N–H and O–H groups in total. The first-order chi connectivity index (χ1) is 6.70. The predicted octanol–water partition coefficient (Wildman–Crippen LogP) is 2.27. The van der Waals surface area contributed by atoms with Crippen molar-refractivity contribution in [3.8, 4) is 5.69 Å². The highest BCUT2D eigenvalue weighted by Gasteiger charge is 2.06. The Morgan fingerprint density at radius 3 is 2.71 bits per heavy atom. The molecule has 0 atom stereocenters. The molecule has 6 heteroatoms. The van der Waals surface area contributed by atoms with Crippen LogP contribution < -0.4 is 5.73 Å². The van der Waals surface area contributed by atoms with Gasteiger partial charge in [0.25, 0.3) is 0 Å². The fourth-order valence-electron chi connectivity index (χ4n) is 1.18. The molecule has 2 aromatic rings. The number of nitrogens with one attached hydrogen (secondary N) is 1. The lowest BCUT2D eigenvalue weighted by Crippen LogP contribution is -2.01. The van der Waals surface area contributed by atoms with Gasteiger partial charge in [0.05, 0.1) is 5.69 Å². The summed E-state index contributed by atoms with van der Waals surface area (Å²) in [5.74, 6) is 0.349. The predicted molar refractivity (Wildman–Crippen MR) is 60.9 cm³/mol. The summed E-state index contributed by atoms with van der Waals surface area (Å²) in [5.41, 5.74) is 6.55. The van der Waals surface area contributed by atoms with Gasteiger partial charge in [0.2, 0.25) is 10.7 Å². The molecule has 0 bridgehead atoms. The Kier molecular flexibility index (Phi) is 2.39. The van der Waals surface area contributed by atoms with E-state index in [1.54, 1.807) is 4.57 Å². The Bertz CT molecular complexity index is 516. The molecule has 0 unspecified atom stereocenters. The second kappa shape index (κ2) is 3.55. The van der Waals surface area contributed by atoms with Gasteiger partial charge < -0.3 is 5.73 Å². The average Bonchev–Trinajstić information content (AvgIpc) is 2.48. The van der Waals surface area contributed by atoms with Crippen LogP contribution in [0.15, 0.2) is 28.7 Å². The molecule has 72 valence electrons. The van der Waals surface area contributed by atoms with Crippen LogP contribution in [0.3, 0.4) is 0 Å². The van der Waals surface area contributed by atoms with Crippen LogP contribution in [0.5, 0.6) is 0 Å². The highest BCUT2D eigenvalue weighted by Crippen LogP contribution is 2.22. The normalized spacial score (nSPS) is 10.4. The lowest BCUT2D eigenvalue weighted by molar-refractivity contribution is 1.03. The van der Waals surface area contributed by atoms with E-state index < -0.39 is 0 Å². The number of nitrogens with two attached hydrogens (primary N) is 1. The van der Waals surface area contributed by atoms with Gasteiger partial charge in [0.15, 0.2) is 0 Å². The lowest BCUT2D eigenvalue weighted by atomic mass is 10.3. The number of nitrogens with zero attached hydrogens (tertiary/aromatic N) is 2. The minimum Gasteiger partial charge on any atom is -0.368 e. The molecule has 1 aromatic heterocycles. The Hall–Kier alpha value is -1.14. The van der Waals surface area contributed by atoms with Crippen molar-refractivity contribution in [2.75, 3.05) is 5.73 Å². The molecule has 0 radical (unpaired) electrons. The van der Waals surface area contributed by atoms with Crippen LogP contribution in [0.25, 0.3) is 5.69 Å². The van der Waals surface area contributed by atoms with E-state index in [1.807, 2.05) is 24.3 Å². The topological polar surface area (TPSA) is 59.6 Å². The van der Waals surface area contributed by atoms with E-state index in [4.69, 9.17) is 18.0 Å². The first-order valence-corrected chi connectivity index (χ1v) is 5.08. The number of aromatic nitrogens is 3. The Morgan fingerprint density at radius 2 is 2.14 bits per heavy atom. The van der Waals surface area contributed by atoms with Crippen LogP contribution in [0.4, 0.5) is 5.95 Å². The van der Waals surface area contributed by atoms with Crippen molar-refractivity contribution >= 4 is 34.1 Å². The molecule has 2 rings (SSSR count). The summed E-state index contributed by atoms with van der Waals surface area (Å²) in [6.45, 7) is 0. The monoisotopic (exact) mass is 270 g/mol. The number of hydrogen-bond acceptors (Lipinski definition) is 3. The Balaban J connectivity index is 2.72. The van der Waals surface area contributed by atoms with Crippen LogP contribution in [0, 0.1) is 4.77 Å². The van der Waals surface area contributed by atoms with Gasteiger partial charge in [0, 0.05) is 4.47 Å². The van der Waals surface area contributed by atoms with Crippen LogP contribution in [0.1, 0.15) is 0 Å². The van der Waals surface area contributed by atoms with Crippen molar-refractivity contribution in [1.82, 2.24) is 14.8 Å². The van der Waals surface area contributed by atoms with Gasteiger partial charge in [-0.05, 0) is 40.3 Å². The number of para-hydroxylation sites is 1. The number of hydrogen-bond donors (Lipinski definition) is 2. The van der Waals surface area contributed by atoms with Gasteiger partial charge >= 0.3 is 0 Å². The molecule has 0 aliphatic carbocycles. The number of nitrogen functional groups attached to an aromatic ring is 1. The summed E-state index contributed by atoms with van der Waals surface area (Å²) in [6, 6.07) is 7.66. The summed E-state index contributed by atoms with van der Waals surface area (Å²) in [7, 11) is 0. The minimum absolute atomic E-state index is 0.349. The molecule has 4 nitrogen and oxygen atoms in total. The zero-order valence-corrected chi connectivity index (χ0v) is 9.47. The Labute approximate surface area is 93.9 Å². The highest BCUT2D eigenvalue weighted by molar-refractivity contribution is 9.10. The summed E-state index contributed by atoms with van der Waals surface area (Å²) < 4.78 is 3.07. The molecule has 0 aliphatic rings. The van der Waals surface area contributed by atoms with Crippen LogP contribution in [0.2, 0.25) is 0 Å². The third-order valence-electron chi connectivity index (χ3n) is 1.79. The smallest absolute Gasteiger partial charge is 0.225 e. The third-order valence-corrected chi connectivity index (χ3v) is 2.74. The van der Waals surface area contributed by atoms with Gasteiger partial charge in [-0.1, -0.05) is 12.1 Å². The van der Waals surface area contributed by atoms with Gasteiger partial charge in [-0.15, -0.1) is 5.10 Å². The number of anilines is 1. The second-order valence-electron chi connectivity index (χ2n) is 2.67. The van der Waals surface area contributed by atoms with Crippen molar-refractivity contribution in [2.45, 2.75) is 0 Å². The molecule has 0 saturated heterocycles. The van der Waals surface area contributed by atoms with Gasteiger partial charge in [-0.3, -0.25) is 4.57 Å². The first-order valence-electron chi connectivity index (χ1n) is 3.88. The molecule has 0 aliphatic heterocycles. The maximum absolute atomic E-state index is 5.68.